The highest BCUT2D eigenvalue weighted by Crippen LogP contribution is 2.51. The second kappa shape index (κ2) is 6.99. The van der Waals surface area contributed by atoms with Gasteiger partial charge < -0.3 is 14.9 Å². The van der Waals surface area contributed by atoms with Crippen LogP contribution in [0.3, 0.4) is 0 Å². The first-order valence-corrected chi connectivity index (χ1v) is 10.2. The van der Waals surface area contributed by atoms with Crippen LogP contribution in [0.2, 0.25) is 5.02 Å². The number of carbonyl (C=O) groups excluding carboxylic acids is 1. The molecule has 0 unspecified atom stereocenters. The second-order valence-corrected chi connectivity index (χ2v) is 9.05. The lowest BCUT2D eigenvalue weighted by Crippen LogP contribution is -2.30. The standard InChI is InChI=1S/C22H20BrClO4/c1-22(2)16-8-19(28-10-13(26)9-25)18(23)7-15(16)21(27)20-14-4-3-12(24)5-11(14)6-17(20)22/h3-5,7-8,13,25-26H,6,9-10H2,1-2H3/t13-/m0/s1. The first-order valence-electron chi connectivity index (χ1n) is 9.07. The van der Waals surface area contributed by atoms with E-state index in [1.807, 2.05) is 24.3 Å². The van der Waals surface area contributed by atoms with E-state index in [0.717, 1.165) is 27.8 Å². The lowest BCUT2D eigenvalue weighted by molar-refractivity contribution is 0.0533. The van der Waals surface area contributed by atoms with Gasteiger partial charge in [0.1, 0.15) is 18.5 Å². The highest BCUT2D eigenvalue weighted by molar-refractivity contribution is 9.10. The van der Waals surface area contributed by atoms with Gasteiger partial charge in [0.2, 0.25) is 0 Å². The molecule has 2 aliphatic rings. The van der Waals surface area contributed by atoms with E-state index in [9.17, 15) is 9.90 Å². The maximum atomic E-state index is 13.4. The van der Waals surface area contributed by atoms with Crippen molar-refractivity contribution in [2.24, 2.45) is 0 Å². The number of aliphatic hydroxyl groups is 2. The van der Waals surface area contributed by atoms with Crippen LogP contribution in [-0.2, 0) is 11.8 Å². The minimum Gasteiger partial charge on any atom is -0.490 e. The molecule has 6 heteroatoms. The van der Waals surface area contributed by atoms with Gasteiger partial charge in [-0.05, 0) is 68.9 Å². The van der Waals surface area contributed by atoms with Crippen LogP contribution in [0.15, 0.2) is 40.4 Å². The first-order chi connectivity index (χ1) is 13.2. The fourth-order valence-corrected chi connectivity index (χ4v) is 4.74. The Hall–Kier alpha value is -1.66. The Labute approximate surface area is 176 Å². The predicted octanol–water partition coefficient (Wildman–Crippen LogP) is 4.32. The maximum absolute atomic E-state index is 13.4. The third kappa shape index (κ3) is 3.01. The number of hydrogen-bond donors (Lipinski definition) is 2. The molecule has 0 heterocycles. The molecule has 28 heavy (non-hydrogen) atoms. The van der Waals surface area contributed by atoms with Crippen molar-refractivity contribution < 1.29 is 19.7 Å². The molecule has 2 N–H and O–H groups in total. The largest absolute Gasteiger partial charge is 0.490 e. The smallest absolute Gasteiger partial charge is 0.193 e. The summed E-state index contributed by atoms with van der Waals surface area (Å²) in [5.41, 5.74) is 5.09. The van der Waals surface area contributed by atoms with Gasteiger partial charge in [-0.3, -0.25) is 4.79 Å². The number of carbonyl (C=O) groups is 1. The van der Waals surface area contributed by atoms with Gasteiger partial charge in [-0.25, -0.2) is 0 Å². The van der Waals surface area contributed by atoms with Crippen molar-refractivity contribution in [1.82, 2.24) is 0 Å². The van der Waals surface area contributed by atoms with E-state index in [2.05, 4.69) is 29.8 Å². The summed E-state index contributed by atoms with van der Waals surface area (Å²) in [7, 11) is 0. The van der Waals surface area contributed by atoms with Gasteiger partial charge in [-0.1, -0.05) is 31.5 Å². The maximum Gasteiger partial charge on any atom is 0.193 e. The molecule has 2 aromatic carbocycles. The van der Waals surface area contributed by atoms with Gasteiger partial charge in [0.15, 0.2) is 5.78 Å². The summed E-state index contributed by atoms with van der Waals surface area (Å²) in [5.74, 6) is 0.544. The second-order valence-electron chi connectivity index (χ2n) is 7.76. The molecule has 0 saturated carbocycles. The third-order valence-electron chi connectivity index (χ3n) is 5.62. The van der Waals surface area contributed by atoms with Gasteiger partial charge in [-0.15, -0.1) is 0 Å². The number of hydrogen-bond acceptors (Lipinski definition) is 4. The number of aliphatic hydroxyl groups excluding tert-OH is 2. The topological polar surface area (TPSA) is 66.8 Å². The minimum atomic E-state index is -0.957. The van der Waals surface area contributed by atoms with Gasteiger partial charge >= 0.3 is 0 Å². The molecule has 0 amide bonds. The molecular formula is C22H20BrClO4. The molecule has 0 spiro atoms. The summed E-state index contributed by atoms with van der Waals surface area (Å²) in [6, 6.07) is 9.34. The van der Waals surface area contributed by atoms with Crippen molar-refractivity contribution in [3.63, 3.8) is 0 Å². The molecule has 2 aromatic rings. The van der Waals surface area contributed by atoms with Crippen molar-refractivity contribution >= 4 is 38.9 Å². The number of allylic oxidation sites excluding steroid dienone is 2. The Bertz CT molecular complexity index is 1030. The summed E-state index contributed by atoms with van der Waals surface area (Å²) >= 11 is 9.64. The lowest BCUT2D eigenvalue weighted by atomic mass is 9.68. The third-order valence-corrected chi connectivity index (χ3v) is 6.47. The van der Waals surface area contributed by atoms with Crippen molar-refractivity contribution in [3.05, 3.63) is 67.7 Å². The van der Waals surface area contributed by atoms with Crippen molar-refractivity contribution in [2.75, 3.05) is 13.2 Å². The fraction of sp³-hybridized carbons (Fsp3) is 0.318. The average molecular weight is 464 g/mol. The molecule has 0 radical (unpaired) electrons. The Balaban J connectivity index is 1.80. The molecule has 0 aromatic heterocycles. The monoisotopic (exact) mass is 462 g/mol. The van der Waals surface area contributed by atoms with E-state index >= 15 is 0 Å². The van der Waals surface area contributed by atoms with Crippen LogP contribution < -0.4 is 4.74 Å². The van der Waals surface area contributed by atoms with Crippen LogP contribution >= 0.6 is 27.5 Å². The van der Waals surface area contributed by atoms with Crippen LogP contribution in [-0.4, -0.2) is 35.3 Å². The number of rotatable bonds is 4. The van der Waals surface area contributed by atoms with Gasteiger partial charge in [0.05, 0.1) is 11.1 Å². The number of Topliss-reactive ketones (excluding diaryl/α,β-unsaturated/α-hetero) is 1. The minimum absolute atomic E-state index is 0.00744. The quantitative estimate of drug-likeness (QED) is 0.709. The van der Waals surface area contributed by atoms with E-state index in [1.54, 1.807) is 6.07 Å². The molecule has 4 rings (SSSR count). The zero-order valence-corrected chi connectivity index (χ0v) is 17.9. The van der Waals surface area contributed by atoms with E-state index in [-0.39, 0.29) is 24.4 Å². The van der Waals surface area contributed by atoms with Crippen molar-refractivity contribution in [2.45, 2.75) is 31.8 Å². The predicted molar refractivity (Wildman–Crippen MR) is 112 cm³/mol. The average Bonchev–Trinajstić information content (AvgIpc) is 3.04. The lowest BCUT2D eigenvalue weighted by Gasteiger charge is -2.35. The molecule has 1 atom stereocenters. The molecule has 4 nitrogen and oxygen atoms in total. The summed E-state index contributed by atoms with van der Waals surface area (Å²) in [6.45, 7) is 3.83. The number of ether oxygens (including phenoxy) is 1. The van der Waals surface area contributed by atoms with Crippen LogP contribution in [0.5, 0.6) is 5.75 Å². The van der Waals surface area contributed by atoms with E-state index in [4.69, 9.17) is 21.4 Å². The van der Waals surface area contributed by atoms with Crippen molar-refractivity contribution in [1.29, 1.82) is 0 Å². The number of fused-ring (bicyclic) bond motifs is 3. The highest BCUT2D eigenvalue weighted by Gasteiger charge is 2.43. The summed E-state index contributed by atoms with van der Waals surface area (Å²) in [6.07, 6.45) is -0.264. The Kier molecular flexibility index (Phi) is 4.91. The zero-order chi connectivity index (χ0) is 20.2. The van der Waals surface area contributed by atoms with E-state index in [1.165, 1.54) is 0 Å². The normalized spacial score (nSPS) is 17.9. The molecular weight excluding hydrogens is 444 g/mol. The molecule has 0 aliphatic heterocycles. The summed E-state index contributed by atoms with van der Waals surface area (Å²) in [4.78, 5) is 13.4. The molecule has 0 fully saturated rings. The highest BCUT2D eigenvalue weighted by atomic mass is 79.9. The van der Waals surface area contributed by atoms with Crippen molar-refractivity contribution in [3.8, 4) is 5.75 Å². The summed E-state index contributed by atoms with van der Waals surface area (Å²) < 4.78 is 6.31. The van der Waals surface area contributed by atoms with Crippen LogP contribution in [0.25, 0.3) is 5.57 Å². The van der Waals surface area contributed by atoms with Gasteiger partial charge in [0, 0.05) is 21.6 Å². The van der Waals surface area contributed by atoms with Gasteiger partial charge in [-0.2, -0.15) is 0 Å². The molecule has 2 aliphatic carbocycles. The first kappa shape index (κ1) is 19.6. The Morgan fingerprint density at radius 1 is 1.25 bits per heavy atom. The van der Waals surface area contributed by atoms with E-state index in [0.29, 0.717) is 27.2 Å². The number of halogens is 2. The summed E-state index contributed by atoms with van der Waals surface area (Å²) in [5, 5.41) is 19.2. The molecule has 0 bridgehead atoms. The Morgan fingerprint density at radius 3 is 2.71 bits per heavy atom. The zero-order valence-electron chi connectivity index (χ0n) is 15.6. The number of benzene rings is 2. The molecule has 146 valence electrons. The van der Waals surface area contributed by atoms with Crippen LogP contribution in [0.4, 0.5) is 0 Å². The van der Waals surface area contributed by atoms with Gasteiger partial charge in [0.25, 0.3) is 0 Å². The van der Waals surface area contributed by atoms with E-state index < -0.39 is 6.10 Å². The van der Waals surface area contributed by atoms with Crippen LogP contribution in [0, 0.1) is 0 Å². The van der Waals surface area contributed by atoms with Crippen LogP contribution in [0.1, 0.15) is 40.9 Å². The Morgan fingerprint density at radius 2 is 2.00 bits per heavy atom. The number of ketones is 1. The fourth-order valence-electron chi connectivity index (χ4n) is 4.09. The molecule has 0 saturated heterocycles. The SMILES string of the molecule is CC1(C)C2=C(C(=O)c3cc(Br)c(OC[C@@H](O)CO)cc31)c1ccc(Cl)cc1C2.